The molecule has 2 heterocycles. The molecule has 0 spiro atoms. The minimum atomic E-state index is -0.423. The Morgan fingerprint density at radius 1 is 1.46 bits per heavy atom. The van der Waals surface area contributed by atoms with E-state index >= 15 is 0 Å². The van der Waals surface area contributed by atoms with Gasteiger partial charge >= 0.3 is 0 Å². The number of aromatic nitrogens is 2. The maximum atomic E-state index is 12.6. The van der Waals surface area contributed by atoms with Crippen molar-refractivity contribution in [3.8, 4) is 17.0 Å². The van der Waals surface area contributed by atoms with Gasteiger partial charge in [-0.3, -0.25) is 9.48 Å². The average Bonchev–Trinajstić information content (AvgIpc) is 3.18. The highest BCUT2D eigenvalue weighted by molar-refractivity contribution is 6.00. The van der Waals surface area contributed by atoms with E-state index in [1.807, 2.05) is 24.3 Å². The summed E-state index contributed by atoms with van der Waals surface area (Å²) in [6, 6.07) is 7.48. The van der Waals surface area contributed by atoms with Gasteiger partial charge in [-0.15, -0.1) is 0 Å². The third-order valence-corrected chi connectivity index (χ3v) is 4.26. The molecule has 1 aromatic heterocycles. The van der Waals surface area contributed by atoms with Crippen molar-refractivity contribution >= 4 is 5.91 Å². The van der Waals surface area contributed by atoms with E-state index in [9.17, 15) is 9.90 Å². The Morgan fingerprint density at radius 3 is 2.96 bits per heavy atom. The smallest absolute Gasteiger partial charge is 0.255 e. The molecule has 0 radical (unpaired) electrons. The molecule has 1 saturated heterocycles. The molecular formula is C17H22N4O3. The Hall–Kier alpha value is -2.38. The first-order valence-electron chi connectivity index (χ1n) is 7.94. The van der Waals surface area contributed by atoms with Gasteiger partial charge < -0.3 is 20.5 Å². The Balaban J connectivity index is 1.82. The third-order valence-electron chi connectivity index (χ3n) is 4.26. The van der Waals surface area contributed by atoms with Gasteiger partial charge in [0.15, 0.2) is 0 Å². The van der Waals surface area contributed by atoms with Crippen LogP contribution in [0.15, 0.2) is 30.5 Å². The fraction of sp³-hybridized carbons (Fsp3) is 0.412. The molecule has 0 bridgehead atoms. The third kappa shape index (κ3) is 3.27. The topological polar surface area (TPSA) is 88.4 Å². The number of carbonyl (C=O) groups excluding carboxylic acids is 1. The van der Waals surface area contributed by atoms with Crippen molar-refractivity contribution in [3.05, 3.63) is 36.0 Å². The highest BCUT2D eigenvalue weighted by atomic mass is 16.5. The molecule has 3 N–H and O–H groups in total. The number of benzene rings is 1. The number of nitrogens with one attached hydrogen (secondary N) is 2. The van der Waals surface area contributed by atoms with Gasteiger partial charge in [-0.05, 0) is 12.1 Å². The zero-order valence-electron chi connectivity index (χ0n) is 13.8. The lowest BCUT2D eigenvalue weighted by atomic mass is 10.0. The Morgan fingerprint density at radius 2 is 2.25 bits per heavy atom. The summed E-state index contributed by atoms with van der Waals surface area (Å²) in [5.74, 6) is 0.490. The van der Waals surface area contributed by atoms with Crippen LogP contribution in [0.1, 0.15) is 10.4 Å². The number of amides is 1. The molecular weight excluding hydrogens is 308 g/mol. The number of ether oxygens (including phenoxy) is 1. The van der Waals surface area contributed by atoms with Crippen LogP contribution in [0, 0.1) is 5.92 Å². The molecule has 0 saturated carbocycles. The maximum absolute atomic E-state index is 12.6. The second kappa shape index (κ2) is 7.02. The quantitative estimate of drug-likeness (QED) is 0.739. The molecule has 2 atom stereocenters. The van der Waals surface area contributed by atoms with Crippen LogP contribution < -0.4 is 15.4 Å². The molecule has 7 heteroatoms. The van der Waals surface area contributed by atoms with Gasteiger partial charge in [0.05, 0.1) is 18.8 Å². The number of hydrogen-bond acceptors (Lipinski definition) is 5. The molecule has 1 amide bonds. The first-order chi connectivity index (χ1) is 11.6. The van der Waals surface area contributed by atoms with Gasteiger partial charge in [-0.25, -0.2) is 0 Å². The predicted molar refractivity (Wildman–Crippen MR) is 89.9 cm³/mol. The molecule has 0 aliphatic carbocycles. The normalized spacial score (nSPS) is 20.1. The average molecular weight is 330 g/mol. The number of hydrogen-bond donors (Lipinski definition) is 3. The summed E-state index contributed by atoms with van der Waals surface area (Å²) >= 11 is 0. The zero-order valence-corrected chi connectivity index (χ0v) is 13.8. The van der Waals surface area contributed by atoms with Crippen LogP contribution in [-0.4, -0.2) is 53.6 Å². The van der Waals surface area contributed by atoms with Crippen molar-refractivity contribution in [1.82, 2.24) is 20.4 Å². The lowest BCUT2D eigenvalue weighted by molar-refractivity contribution is 0.0927. The molecule has 24 heavy (non-hydrogen) atoms. The van der Waals surface area contributed by atoms with Crippen molar-refractivity contribution in [2.45, 2.75) is 6.10 Å². The SMILES string of the molecule is COc1ccccc1-c1nn(C)cc1C(=O)NCC1CNCC1O. The van der Waals surface area contributed by atoms with Crippen LogP contribution in [-0.2, 0) is 7.05 Å². The van der Waals surface area contributed by atoms with Crippen LogP contribution in [0.3, 0.4) is 0 Å². The Kier molecular flexibility index (Phi) is 4.82. The second-order valence-electron chi connectivity index (χ2n) is 5.96. The summed E-state index contributed by atoms with van der Waals surface area (Å²) in [4.78, 5) is 12.6. The first-order valence-corrected chi connectivity index (χ1v) is 7.94. The van der Waals surface area contributed by atoms with Gasteiger partial charge in [0, 0.05) is 44.4 Å². The number of aliphatic hydroxyl groups excluding tert-OH is 1. The van der Waals surface area contributed by atoms with Gasteiger partial charge in [0.2, 0.25) is 0 Å². The largest absolute Gasteiger partial charge is 0.496 e. The highest BCUT2D eigenvalue weighted by Gasteiger charge is 2.26. The molecule has 128 valence electrons. The van der Waals surface area contributed by atoms with Crippen molar-refractivity contribution in [2.24, 2.45) is 13.0 Å². The molecule has 2 aromatic rings. The van der Waals surface area contributed by atoms with Crippen molar-refractivity contribution in [1.29, 1.82) is 0 Å². The molecule has 1 aliphatic heterocycles. The van der Waals surface area contributed by atoms with Gasteiger partial charge in [0.1, 0.15) is 11.4 Å². The minimum Gasteiger partial charge on any atom is -0.496 e. The van der Waals surface area contributed by atoms with Crippen LogP contribution in [0.5, 0.6) is 5.75 Å². The minimum absolute atomic E-state index is 0.0281. The summed E-state index contributed by atoms with van der Waals surface area (Å²) in [5, 5.41) is 20.3. The van der Waals surface area contributed by atoms with Gasteiger partial charge in [-0.2, -0.15) is 5.10 Å². The number of β-amino-alcohol motifs (C(OH)–C–C–N with tert-alkyl or cyclic N) is 1. The summed E-state index contributed by atoms with van der Waals surface area (Å²) in [6.07, 6.45) is 1.27. The summed E-state index contributed by atoms with van der Waals surface area (Å²) in [7, 11) is 3.37. The Bertz CT molecular complexity index is 728. The van der Waals surface area contributed by atoms with E-state index in [0.29, 0.717) is 36.6 Å². The number of nitrogens with zero attached hydrogens (tertiary/aromatic N) is 2. The van der Waals surface area contributed by atoms with E-state index in [1.54, 1.807) is 25.0 Å². The van der Waals surface area contributed by atoms with E-state index < -0.39 is 6.10 Å². The zero-order chi connectivity index (χ0) is 17.1. The molecule has 3 rings (SSSR count). The number of rotatable bonds is 5. The van der Waals surface area contributed by atoms with Crippen molar-refractivity contribution in [3.63, 3.8) is 0 Å². The van der Waals surface area contributed by atoms with Gasteiger partial charge in [-0.1, -0.05) is 12.1 Å². The standard InChI is InChI=1S/C17H22N4O3/c1-21-10-13(17(23)19-8-11-7-18-9-14(11)22)16(20-21)12-5-3-4-6-15(12)24-2/h3-6,10-11,14,18,22H,7-9H2,1-2H3,(H,19,23). The Labute approximate surface area is 140 Å². The van der Waals surface area contributed by atoms with Crippen LogP contribution >= 0.6 is 0 Å². The number of carbonyl (C=O) groups is 1. The number of aliphatic hydroxyl groups is 1. The van der Waals surface area contributed by atoms with Crippen molar-refractivity contribution < 1.29 is 14.6 Å². The molecule has 1 aliphatic rings. The second-order valence-corrected chi connectivity index (χ2v) is 5.96. The lowest BCUT2D eigenvalue weighted by Crippen LogP contribution is -2.34. The highest BCUT2D eigenvalue weighted by Crippen LogP contribution is 2.30. The van der Waals surface area contributed by atoms with E-state index in [-0.39, 0.29) is 11.8 Å². The summed E-state index contributed by atoms with van der Waals surface area (Å²) < 4.78 is 6.99. The van der Waals surface area contributed by atoms with Crippen LogP contribution in [0.2, 0.25) is 0 Å². The fourth-order valence-electron chi connectivity index (χ4n) is 2.94. The lowest BCUT2D eigenvalue weighted by Gasteiger charge is -2.14. The van der Waals surface area contributed by atoms with Crippen LogP contribution in [0.4, 0.5) is 0 Å². The number of methoxy groups -OCH3 is 1. The molecule has 1 fully saturated rings. The predicted octanol–water partition coefficient (Wildman–Crippen LogP) is 0.406. The molecule has 2 unspecified atom stereocenters. The number of aryl methyl sites for hydroxylation is 1. The van der Waals surface area contributed by atoms with E-state index in [4.69, 9.17) is 4.74 Å². The summed E-state index contributed by atoms with van der Waals surface area (Å²) in [6.45, 7) is 1.70. The van der Waals surface area contributed by atoms with Crippen molar-refractivity contribution in [2.75, 3.05) is 26.7 Å². The molecule has 7 nitrogen and oxygen atoms in total. The van der Waals surface area contributed by atoms with E-state index in [1.165, 1.54) is 0 Å². The monoisotopic (exact) mass is 330 g/mol. The van der Waals surface area contributed by atoms with Crippen LogP contribution in [0.25, 0.3) is 11.3 Å². The van der Waals surface area contributed by atoms with Gasteiger partial charge in [0.25, 0.3) is 5.91 Å². The fourth-order valence-corrected chi connectivity index (χ4v) is 2.94. The van der Waals surface area contributed by atoms with E-state index in [0.717, 1.165) is 5.56 Å². The molecule has 1 aromatic carbocycles. The van der Waals surface area contributed by atoms with E-state index in [2.05, 4.69) is 15.7 Å². The first kappa shape index (κ1) is 16.5. The summed E-state index contributed by atoms with van der Waals surface area (Å²) in [5.41, 5.74) is 1.84. The maximum Gasteiger partial charge on any atom is 0.255 e. The number of para-hydroxylation sites is 1.